The van der Waals surface area contributed by atoms with Gasteiger partial charge >= 0.3 is 6.18 Å². The number of thioether (sulfide) groups is 1. The van der Waals surface area contributed by atoms with Crippen LogP contribution in [0.15, 0.2) is 4.99 Å². The van der Waals surface area contributed by atoms with Crippen LogP contribution in [0.5, 0.6) is 0 Å². The molecule has 10 heteroatoms. The predicted octanol–water partition coefficient (Wildman–Crippen LogP) is -0.384. The lowest BCUT2D eigenvalue weighted by Crippen LogP contribution is -2.64. The van der Waals surface area contributed by atoms with E-state index in [1.54, 1.807) is 19.0 Å². The van der Waals surface area contributed by atoms with Crippen molar-refractivity contribution in [2.24, 2.45) is 4.99 Å². The van der Waals surface area contributed by atoms with E-state index in [0.717, 1.165) is 18.8 Å². The van der Waals surface area contributed by atoms with E-state index in [9.17, 15) is 23.4 Å². The Kier molecular flexibility index (Phi) is 4.74. The summed E-state index contributed by atoms with van der Waals surface area (Å²) in [4.78, 5) is 5.87. The molecule has 6 nitrogen and oxygen atoms in total. The van der Waals surface area contributed by atoms with Crippen molar-refractivity contribution in [1.29, 1.82) is 0 Å². The Labute approximate surface area is 124 Å². The maximum absolute atomic E-state index is 13.0. The average molecular weight is 329 g/mol. The predicted molar refractivity (Wildman–Crippen MR) is 72.1 cm³/mol. The molecule has 122 valence electrons. The fourth-order valence-corrected chi connectivity index (χ4v) is 3.53. The number of hydrogen-bond donors (Lipinski definition) is 3. The lowest BCUT2D eigenvalue weighted by atomic mass is 9.93. The first-order valence-electron chi connectivity index (χ1n) is 6.34. The molecule has 0 amide bonds. The quantitative estimate of drug-likeness (QED) is 0.641. The zero-order valence-electron chi connectivity index (χ0n) is 11.7. The number of fused-ring (bicyclic) bond motifs is 1. The van der Waals surface area contributed by atoms with Crippen molar-refractivity contribution in [2.75, 3.05) is 21.1 Å². The standard InChI is InChI=1S/C11H18F3N3O3S/c1-15-8(11(12,13)14)7-6(19)5(18)4-9(20-7)21-10(16-4)17(2)3/h4-9,15,18-19H,1-3H3/t4-,5-,6+,7+,8-,9-/m1/s1. The van der Waals surface area contributed by atoms with Crippen LogP contribution >= 0.6 is 11.8 Å². The number of alkyl halides is 3. The van der Waals surface area contributed by atoms with Crippen LogP contribution in [0.3, 0.4) is 0 Å². The normalized spacial score (nSPS) is 37.9. The molecule has 0 radical (unpaired) electrons. The third-order valence-corrected chi connectivity index (χ3v) is 4.77. The number of ether oxygens (including phenoxy) is 1. The summed E-state index contributed by atoms with van der Waals surface area (Å²) < 4.78 is 44.3. The summed E-state index contributed by atoms with van der Waals surface area (Å²) in [7, 11) is 4.60. The Hall–Kier alpha value is -0.550. The molecule has 0 bridgehead atoms. The number of hydrogen-bond acceptors (Lipinski definition) is 7. The van der Waals surface area contributed by atoms with Crippen molar-refractivity contribution < 1.29 is 28.1 Å². The van der Waals surface area contributed by atoms with Gasteiger partial charge < -0.3 is 25.2 Å². The largest absolute Gasteiger partial charge is 0.406 e. The Morgan fingerprint density at radius 1 is 1.33 bits per heavy atom. The number of aliphatic imine (C=N–C) groups is 1. The summed E-state index contributed by atoms with van der Waals surface area (Å²) in [5, 5.41) is 22.7. The highest BCUT2D eigenvalue weighted by Crippen LogP contribution is 2.39. The number of amidine groups is 1. The van der Waals surface area contributed by atoms with Crippen LogP contribution in [0, 0.1) is 0 Å². The lowest BCUT2D eigenvalue weighted by molar-refractivity contribution is -0.228. The molecule has 3 N–H and O–H groups in total. The molecule has 6 atom stereocenters. The summed E-state index contributed by atoms with van der Waals surface area (Å²) in [6.45, 7) is 0. The fourth-order valence-electron chi connectivity index (χ4n) is 2.38. The molecule has 1 fully saturated rings. The number of rotatable bonds is 2. The third kappa shape index (κ3) is 3.14. The van der Waals surface area contributed by atoms with Crippen molar-refractivity contribution >= 4 is 16.9 Å². The van der Waals surface area contributed by atoms with E-state index in [1.807, 2.05) is 0 Å². The molecular weight excluding hydrogens is 311 g/mol. The summed E-state index contributed by atoms with van der Waals surface area (Å²) >= 11 is 1.14. The van der Waals surface area contributed by atoms with Gasteiger partial charge in [0.15, 0.2) is 5.17 Å². The SMILES string of the molecule is CN[C@H]([C@H]1O[C@@H]2SC(N(C)C)=N[C@@H]2[C@@H](O)[C@@H]1O)C(F)(F)F. The van der Waals surface area contributed by atoms with Gasteiger partial charge in [0.2, 0.25) is 0 Å². The van der Waals surface area contributed by atoms with Gasteiger partial charge in [-0.3, -0.25) is 4.99 Å². The van der Waals surface area contributed by atoms with Crippen molar-refractivity contribution in [1.82, 2.24) is 10.2 Å². The zero-order valence-corrected chi connectivity index (χ0v) is 12.5. The van der Waals surface area contributed by atoms with Crippen LogP contribution < -0.4 is 5.32 Å². The van der Waals surface area contributed by atoms with Gasteiger partial charge in [-0.05, 0) is 7.05 Å². The van der Waals surface area contributed by atoms with Gasteiger partial charge in [-0.2, -0.15) is 13.2 Å². The maximum atomic E-state index is 13.0. The van der Waals surface area contributed by atoms with E-state index in [0.29, 0.717) is 5.17 Å². The van der Waals surface area contributed by atoms with E-state index >= 15 is 0 Å². The smallest absolute Gasteiger partial charge is 0.388 e. The number of halogens is 3. The number of likely N-dealkylation sites (N-methyl/N-ethyl adjacent to an activating group) is 1. The molecule has 1 saturated heterocycles. The molecular formula is C11H18F3N3O3S. The number of nitrogens with zero attached hydrogens (tertiary/aromatic N) is 2. The maximum Gasteiger partial charge on any atom is 0.406 e. The second-order valence-corrected chi connectivity index (χ2v) is 6.24. The molecule has 2 aliphatic heterocycles. The Bertz CT molecular complexity index is 421. The van der Waals surface area contributed by atoms with Gasteiger partial charge in [0.25, 0.3) is 0 Å². The van der Waals surface area contributed by atoms with Crippen LogP contribution in [0.4, 0.5) is 13.2 Å². The molecule has 2 heterocycles. The summed E-state index contributed by atoms with van der Waals surface area (Å²) in [5.41, 5.74) is -0.746. The van der Waals surface area contributed by atoms with E-state index < -0.39 is 42.0 Å². The van der Waals surface area contributed by atoms with Crippen LogP contribution in [0.1, 0.15) is 0 Å². The van der Waals surface area contributed by atoms with E-state index in [1.165, 1.54) is 0 Å². The molecule has 0 unspecified atom stereocenters. The van der Waals surface area contributed by atoms with E-state index in [-0.39, 0.29) is 0 Å². The van der Waals surface area contributed by atoms with Crippen LogP contribution in [-0.2, 0) is 4.74 Å². The van der Waals surface area contributed by atoms with Crippen LogP contribution in [-0.4, -0.2) is 83.4 Å². The number of nitrogens with one attached hydrogen (secondary N) is 1. The van der Waals surface area contributed by atoms with Gasteiger partial charge in [-0.25, -0.2) is 0 Å². The third-order valence-electron chi connectivity index (χ3n) is 3.46. The van der Waals surface area contributed by atoms with E-state index in [2.05, 4.69) is 10.3 Å². The topological polar surface area (TPSA) is 77.3 Å². The summed E-state index contributed by atoms with van der Waals surface area (Å²) in [6.07, 6.45) is -9.26. The molecule has 0 aromatic carbocycles. The summed E-state index contributed by atoms with van der Waals surface area (Å²) in [6, 6.07) is -2.84. The van der Waals surface area contributed by atoms with Crippen molar-refractivity contribution in [3.8, 4) is 0 Å². The zero-order chi connectivity index (χ0) is 15.9. The minimum Gasteiger partial charge on any atom is -0.388 e. The molecule has 0 saturated carbocycles. The highest BCUT2D eigenvalue weighted by atomic mass is 32.2. The van der Waals surface area contributed by atoms with Crippen LogP contribution in [0.2, 0.25) is 0 Å². The van der Waals surface area contributed by atoms with Crippen molar-refractivity contribution in [2.45, 2.75) is 42.0 Å². The highest BCUT2D eigenvalue weighted by molar-refractivity contribution is 8.14. The molecule has 0 aromatic heterocycles. The molecule has 0 aliphatic carbocycles. The molecule has 2 aliphatic rings. The van der Waals surface area contributed by atoms with Crippen molar-refractivity contribution in [3.63, 3.8) is 0 Å². The molecule has 0 aromatic rings. The van der Waals surface area contributed by atoms with E-state index in [4.69, 9.17) is 4.74 Å². The van der Waals surface area contributed by atoms with Gasteiger partial charge in [0.05, 0.1) is 0 Å². The molecule has 2 rings (SSSR count). The second kappa shape index (κ2) is 5.92. The second-order valence-electron chi connectivity index (χ2n) is 5.17. The van der Waals surface area contributed by atoms with Crippen LogP contribution in [0.25, 0.3) is 0 Å². The first-order chi connectivity index (χ1) is 9.66. The minimum atomic E-state index is -4.60. The number of aliphatic hydroxyl groups is 2. The number of aliphatic hydroxyl groups excluding tert-OH is 2. The molecule has 0 spiro atoms. The molecule has 21 heavy (non-hydrogen) atoms. The Balaban J connectivity index is 2.20. The fraction of sp³-hybridized carbons (Fsp3) is 0.909. The van der Waals surface area contributed by atoms with Gasteiger partial charge in [0.1, 0.15) is 35.8 Å². The first-order valence-corrected chi connectivity index (χ1v) is 7.22. The minimum absolute atomic E-state index is 0.546. The van der Waals surface area contributed by atoms with Crippen molar-refractivity contribution in [3.05, 3.63) is 0 Å². The van der Waals surface area contributed by atoms with Gasteiger partial charge in [-0.1, -0.05) is 11.8 Å². The Morgan fingerprint density at radius 2 is 1.95 bits per heavy atom. The van der Waals surface area contributed by atoms with Gasteiger partial charge in [-0.15, -0.1) is 0 Å². The van der Waals surface area contributed by atoms with Gasteiger partial charge in [0, 0.05) is 14.1 Å². The monoisotopic (exact) mass is 329 g/mol. The Morgan fingerprint density at radius 3 is 2.43 bits per heavy atom. The average Bonchev–Trinajstić information content (AvgIpc) is 2.78. The summed E-state index contributed by atoms with van der Waals surface area (Å²) in [5.74, 6) is 0. The first kappa shape index (κ1) is 16.8. The lowest BCUT2D eigenvalue weighted by Gasteiger charge is -2.41. The highest BCUT2D eigenvalue weighted by Gasteiger charge is 2.56.